The maximum Gasteiger partial charge on any atom is 0.195 e. The second-order valence-electron chi connectivity index (χ2n) is 3.32. The smallest absolute Gasteiger partial charge is 0.195 e. The van der Waals surface area contributed by atoms with Gasteiger partial charge in [0.25, 0.3) is 0 Å². The Bertz CT molecular complexity index is 369. The Hall–Kier alpha value is -0.780. The zero-order chi connectivity index (χ0) is 10.8. The van der Waals surface area contributed by atoms with Gasteiger partial charge in [0.1, 0.15) is 0 Å². The van der Waals surface area contributed by atoms with Gasteiger partial charge in [-0.3, -0.25) is 4.79 Å². The Morgan fingerprint density at radius 1 is 1.53 bits per heavy atom. The van der Waals surface area contributed by atoms with Gasteiger partial charge in [0.15, 0.2) is 17.1 Å². The highest BCUT2D eigenvalue weighted by atomic mass is 32.1. The van der Waals surface area contributed by atoms with Gasteiger partial charge >= 0.3 is 0 Å². The summed E-state index contributed by atoms with van der Waals surface area (Å²) < 4.78 is 10.8. The van der Waals surface area contributed by atoms with Crippen LogP contribution < -0.4 is 0 Å². The number of hydrogen-bond donors (Lipinski definition) is 0. The van der Waals surface area contributed by atoms with Crippen LogP contribution in [0.4, 0.5) is 0 Å². The van der Waals surface area contributed by atoms with Gasteiger partial charge in [0.05, 0.1) is 23.8 Å². The molecule has 1 saturated heterocycles. The fraction of sp³-hybridized carbons (Fsp3) is 0.600. The van der Waals surface area contributed by atoms with Gasteiger partial charge in [-0.2, -0.15) is 0 Å². The van der Waals surface area contributed by atoms with E-state index in [0.717, 1.165) is 10.6 Å². The molecule has 0 saturated carbocycles. The molecule has 0 bridgehead atoms. The minimum Gasteiger partial charge on any atom is -0.345 e. The fourth-order valence-corrected chi connectivity index (χ4v) is 2.48. The Labute approximate surface area is 92.2 Å². The average molecular weight is 227 g/mol. The number of hydrogen-bond acceptors (Lipinski definition) is 5. The van der Waals surface area contributed by atoms with Gasteiger partial charge < -0.3 is 9.47 Å². The van der Waals surface area contributed by atoms with Crippen molar-refractivity contribution in [2.45, 2.75) is 26.6 Å². The minimum absolute atomic E-state index is 0.0762. The predicted molar refractivity (Wildman–Crippen MR) is 56.1 cm³/mol. The predicted octanol–water partition coefficient (Wildman–Crippen LogP) is 2.09. The maximum atomic E-state index is 11.5. The molecule has 1 aromatic heterocycles. The molecule has 5 heteroatoms. The summed E-state index contributed by atoms with van der Waals surface area (Å²) in [5.41, 5.74) is 0.837. The average Bonchev–Trinajstić information content (AvgIpc) is 2.84. The number of aromatic nitrogens is 1. The summed E-state index contributed by atoms with van der Waals surface area (Å²) in [6.45, 7) is 4.93. The molecule has 0 aromatic carbocycles. The molecule has 15 heavy (non-hydrogen) atoms. The lowest BCUT2D eigenvalue weighted by Gasteiger charge is -2.05. The van der Waals surface area contributed by atoms with E-state index < -0.39 is 0 Å². The summed E-state index contributed by atoms with van der Waals surface area (Å²) in [6, 6.07) is 0. The Morgan fingerprint density at radius 2 is 2.20 bits per heavy atom. The van der Waals surface area contributed by atoms with Crippen LogP contribution in [-0.2, 0) is 9.47 Å². The summed E-state index contributed by atoms with van der Waals surface area (Å²) in [7, 11) is 0. The first kappa shape index (κ1) is 10.7. The maximum absolute atomic E-state index is 11.5. The van der Waals surface area contributed by atoms with Crippen LogP contribution in [0.25, 0.3) is 0 Å². The third-order valence-electron chi connectivity index (χ3n) is 2.23. The van der Waals surface area contributed by atoms with Crippen molar-refractivity contribution in [3.8, 4) is 0 Å². The molecule has 0 spiro atoms. The van der Waals surface area contributed by atoms with E-state index in [0.29, 0.717) is 24.6 Å². The number of nitrogens with zero attached hydrogens (tertiary/aromatic N) is 1. The standard InChI is InChI=1S/C10H13NO3S/c1-3-7(12)9-11-6(2)8(15-9)10-13-4-5-14-10/h10H,3-5H2,1-2H3. The van der Waals surface area contributed by atoms with Crippen molar-refractivity contribution < 1.29 is 14.3 Å². The van der Waals surface area contributed by atoms with Crippen LogP contribution in [0.2, 0.25) is 0 Å². The van der Waals surface area contributed by atoms with Crippen LogP contribution in [0.3, 0.4) is 0 Å². The molecule has 82 valence electrons. The molecule has 1 aliphatic heterocycles. The molecular weight excluding hydrogens is 214 g/mol. The number of ketones is 1. The SMILES string of the molecule is CCC(=O)c1nc(C)c(C2OCCO2)s1. The van der Waals surface area contributed by atoms with E-state index in [1.807, 2.05) is 13.8 Å². The minimum atomic E-state index is -0.319. The molecule has 1 fully saturated rings. The highest BCUT2D eigenvalue weighted by Gasteiger charge is 2.24. The molecule has 0 aliphatic carbocycles. The van der Waals surface area contributed by atoms with Crippen LogP contribution in [0.5, 0.6) is 0 Å². The van der Waals surface area contributed by atoms with E-state index >= 15 is 0 Å². The highest BCUT2D eigenvalue weighted by molar-refractivity contribution is 7.13. The molecule has 0 N–H and O–H groups in total. The van der Waals surface area contributed by atoms with Gasteiger partial charge in [-0.05, 0) is 6.92 Å². The zero-order valence-electron chi connectivity index (χ0n) is 8.78. The second kappa shape index (κ2) is 4.38. The van der Waals surface area contributed by atoms with Crippen LogP contribution in [0.15, 0.2) is 0 Å². The molecular formula is C10H13NO3S. The van der Waals surface area contributed by atoms with Crippen molar-refractivity contribution >= 4 is 17.1 Å². The van der Waals surface area contributed by atoms with Gasteiger partial charge in [0, 0.05) is 6.42 Å². The van der Waals surface area contributed by atoms with Crippen LogP contribution in [0, 0.1) is 6.92 Å². The highest BCUT2D eigenvalue weighted by Crippen LogP contribution is 2.31. The number of Topliss-reactive ketones (excluding diaryl/α,β-unsaturated/α-hetero) is 1. The normalized spacial score (nSPS) is 17.2. The summed E-state index contributed by atoms with van der Waals surface area (Å²) in [6.07, 6.45) is 0.166. The Morgan fingerprint density at radius 3 is 2.80 bits per heavy atom. The number of rotatable bonds is 3. The van der Waals surface area contributed by atoms with Crippen molar-refractivity contribution in [3.63, 3.8) is 0 Å². The summed E-state index contributed by atoms with van der Waals surface area (Å²) in [5, 5.41) is 0.559. The van der Waals surface area contributed by atoms with Gasteiger partial charge in [-0.25, -0.2) is 4.98 Å². The van der Waals surface area contributed by atoms with E-state index in [1.165, 1.54) is 11.3 Å². The van der Waals surface area contributed by atoms with E-state index in [9.17, 15) is 4.79 Å². The first-order valence-electron chi connectivity index (χ1n) is 4.96. The third kappa shape index (κ3) is 2.09. The van der Waals surface area contributed by atoms with Gasteiger partial charge in [-0.1, -0.05) is 6.92 Å². The Kier molecular flexibility index (Phi) is 3.14. The number of carbonyl (C=O) groups is 1. The first-order chi connectivity index (χ1) is 7.22. The number of aryl methyl sites for hydroxylation is 1. The third-order valence-corrected chi connectivity index (χ3v) is 3.45. The van der Waals surface area contributed by atoms with Crippen LogP contribution in [-0.4, -0.2) is 24.0 Å². The molecule has 1 aliphatic rings. The van der Waals surface area contributed by atoms with Crippen molar-refractivity contribution in [2.24, 2.45) is 0 Å². The van der Waals surface area contributed by atoms with Crippen molar-refractivity contribution in [1.82, 2.24) is 4.98 Å². The van der Waals surface area contributed by atoms with Crippen molar-refractivity contribution in [3.05, 3.63) is 15.6 Å². The topological polar surface area (TPSA) is 48.4 Å². The number of thiazole rings is 1. The van der Waals surface area contributed by atoms with E-state index in [2.05, 4.69) is 4.98 Å². The number of carbonyl (C=O) groups excluding carboxylic acids is 1. The summed E-state index contributed by atoms with van der Waals surface area (Å²) in [4.78, 5) is 16.6. The van der Waals surface area contributed by atoms with Gasteiger partial charge in [0.2, 0.25) is 0 Å². The zero-order valence-corrected chi connectivity index (χ0v) is 9.60. The molecule has 0 amide bonds. The number of ether oxygens (including phenoxy) is 2. The monoisotopic (exact) mass is 227 g/mol. The summed E-state index contributed by atoms with van der Waals surface area (Å²) in [5.74, 6) is 0.0762. The molecule has 1 aromatic rings. The lowest BCUT2D eigenvalue weighted by Crippen LogP contribution is -1.96. The van der Waals surface area contributed by atoms with Crippen LogP contribution in [0.1, 0.15) is 40.0 Å². The van der Waals surface area contributed by atoms with Crippen LogP contribution >= 0.6 is 11.3 Å². The summed E-state index contributed by atoms with van der Waals surface area (Å²) >= 11 is 1.38. The van der Waals surface area contributed by atoms with Gasteiger partial charge in [-0.15, -0.1) is 11.3 Å². The van der Waals surface area contributed by atoms with Crippen molar-refractivity contribution in [2.75, 3.05) is 13.2 Å². The lowest BCUT2D eigenvalue weighted by atomic mass is 10.3. The first-order valence-corrected chi connectivity index (χ1v) is 5.77. The van der Waals surface area contributed by atoms with E-state index in [1.54, 1.807) is 0 Å². The molecule has 2 heterocycles. The molecule has 0 atom stereocenters. The molecule has 2 rings (SSSR count). The Balaban J connectivity index is 2.24. The fourth-order valence-electron chi connectivity index (χ4n) is 1.41. The lowest BCUT2D eigenvalue weighted by molar-refractivity contribution is -0.0418. The van der Waals surface area contributed by atoms with Crippen molar-refractivity contribution in [1.29, 1.82) is 0 Å². The molecule has 0 unspecified atom stereocenters. The quantitative estimate of drug-likeness (QED) is 0.742. The molecule has 0 radical (unpaired) electrons. The largest absolute Gasteiger partial charge is 0.345 e. The molecule has 4 nitrogen and oxygen atoms in total. The second-order valence-corrected chi connectivity index (χ2v) is 4.35. The van der Waals surface area contributed by atoms with E-state index in [-0.39, 0.29) is 12.1 Å². The van der Waals surface area contributed by atoms with E-state index in [4.69, 9.17) is 9.47 Å².